The number of hydrogen-bond donors (Lipinski definition) is 2. The molecule has 0 saturated carbocycles. The lowest BCUT2D eigenvalue weighted by Gasteiger charge is -2.20. The molecule has 0 spiro atoms. The number of rotatable bonds is 4. The molecule has 1 aromatic rings. The number of hydrogen-bond acceptors (Lipinski definition) is 2. The Morgan fingerprint density at radius 3 is 2.43 bits per heavy atom. The van der Waals surface area contributed by atoms with Crippen LogP contribution in [0.25, 0.3) is 0 Å². The lowest BCUT2D eigenvalue weighted by molar-refractivity contribution is 0.0166. The predicted molar refractivity (Wildman–Crippen MR) is 53.2 cm³/mol. The molecule has 0 bridgehead atoms. The van der Waals surface area contributed by atoms with Crippen molar-refractivity contribution < 1.29 is 14.6 Å². The van der Waals surface area contributed by atoms with Gasteiger partial charge in [-0.25, -0.2) is 4.39 Å². The summed E-state index contributed by atoms with van der Waals surface area (Å²) in [5.74, 6) is 0. The van der Waals surface area contributed by atoms with Gasteiger partial charge < -0.3 is 10.2 Å². The van der Waals surface area contributed by atoms with Gasteiger partial charge >= 0.3 is 0 Å². The maximum atomic E-state index is 13.5. The molecule has 0 atom stereocenters. The van der Waals surface area contributed by atoms with Crippen LogP contribution in [0.5, 0.6) is 0 Å². The quantitative estimate of drug-likeness (QED) is 0.806. The lowest BCUT2D eigenvalue weighted by atomic mass is 9.98. The van der Waals surface area contributed by atoms with Crippen molar-refractivity contribution in [2.24, 2.45) is 0 Å². The minimum absolute atomic E-state index is 0.0411. The summed E-state index contributed by atoms with van der Waals surface area (Å²) in [7, 11) is 0. The topological polar surface area (TPSA) is 40.5 Å². The molecular formula is C10H12ClFO2. The predicted octanol–water partition coefficient (Wildman–Crippen LogP) is 1.58. The van der Waals surface area contributed by atoms with Gasteiger partial charge in [0.15, 0.2) is 5.67 Å². The average molecular weight is 219 g/mol. The third-order valence-electron chi connectivity index (χ3n) is 1.98. The van der Waals surface area contributed by atoms with Gasteiger partial charge in [-0.05, 0) is 17.7 Å². The van der Waals surface area contributed by atoms with Crippen molar-refractivity contribution in [3.05, 3.63) is 34.9 Å². The summed E-state index contributed by atoms with van der Waals surface area (Å²) in [5, 5.41) is 18.0. The van der Waals surface area contributed by atoms with Crippen LogP contribution in [0, 0.1) is 0 Å². The van der Waals surface area contributed by atoms with Crippen LogP contribution in [-0.4, -0.2) is 29.1 Å². The first-order valence-corrected chi connectivity index (χ1v) is 4.62. The van der Waals surface area contributed by atoms with Gasteiger partial charge in [-0.3, -0.25) is 0 Å². The number of aliphatic hydroxyl groups is 2. The van der Waals surface area contributed by atoms with Gasteiger partial charge in [0.2, 0.25) is 0 Å². The van der Waals surface area contributed by atoms with Crippen LogP contribution < -0.4 is 0 Å². The Morgan fingerprint density at radius 2 is 1.93 bits per heavy atom. The van der Waals surface area contributed by atoms with E-state index >= 15 is 0 Å². The monoisotopic (exact) mass is 218 g/mol. The normalized spacial score (nSPS) is 11.7. The van der Waals surface area contributed by atoms with E-state index in [1.807, 2.05) is 0 Å². The van der Waals surface area contributed by atoms with Crippen LogP contribution in [0.15, 0.2) is 24.3 Å². The first kappa shape index (κ1) is 11.4. The molecule has 2 nitrogen and oxygen atoms in total. The second-order valence-electron chi connectivity index (χ2n) is 3.27. The van der Waals surface area contributed by atoms with Gasteiger partial charge in [-0.1, -0.05) is 23.7 Å². The number of halogens is 2. The smallest absolute Gasteiger partial charge is 0.160 e. The first-order valence-electron chi connectivity index (χ1n) is 4.25. The molecule has 0 amide bonds. The van der Waals surface area contributed by atoms with E-state index in [0.29, 0.717) is 10.6 Å². The maximum Gasteiger partial charge on any atom is 0.160 e. The number of alkyl halides is 1. The van der Waals surface area contributed by atoms with Crippen LogP contribution in [0.3, 0.4) is 0 Å². The molecule has 2 N–H and O–H groups in total. The van der Waals surface area contributed by atoms with E-state index in [-0.39, 0.29) is 6.42 Å². The molecule has 0 radical (unpaired) electrons. The summed E-state index contributed by atoms with van der Waals surface area (Å²) in [6.45, 7) is -1.40. The van der Waals surface area contributed by atoms with E-state index in [1.165, 1.54) is 0 Å². The van der Waals surface area contributed by atoms with E-state index in [0.717, 1.165) is 0 Å². The van der Waals surface area contributed by atoms with Crippen molar-refractivity contribution in [2.75, 3.05) is 13.2 Å². The van der Waals surface area contributed by atoms with Gasteiger partial charge in [-0.2, -0.15) is 0 Å². The summed E-state index contributed by atoms with van der Waals surface area (Å²) >= 11 is 5.71. The largest absolute Gasteiger partial charge is 0.393 e. The Hall–Kier alpha value is -0.640. The average Bonchev–Trinajstić information content (AvgIpc) is 2.18. The molecule has 0 saturated heterocycles. The number of aliphatic hydroxyl groups excluding tert-OH is 2. The highest BCUT2D eigenvalue weighted by molar-refractivity contribution is 6.30. The molecule has 1 aromatic carbocycles. The summed E-state index contributed by atoms with van der Waals surface area (Å²) in [4.78, 5) is 0. The van der Waals surface area contributed by atoms with Crippen LogP contribution in [0.2, 0.25) is 5.02 Å². The summed E-state index contributed by atoms with van der Waals surface area (Å²) < 4.78 is 13.5. The molecule has 0 fully saturated rings. The highest BCUT2D eigenvalue weighted by Crippen LogP contribution is 2.19. The fourth-order valence-corrected chi connectivity index (χ4v) is 1.39. The van der Waals surface area contributed by atoms with Gasteiger partial charge in [0.25, 0.3) is 0 Å². The molecule has 1 rings (SSSR count). The van der Waals surface area contributed by atoms with Crippen molar-refractivity contribution in [1.82, 2.24) is 0 Å². The third-order valence-corrected chi connectivity index (χ3v) is 2.21. The molecule has 14 heavy (non-hydrogen) atoms. The van der Waals surface area contributed by atoms with E-state index in [9.17, 15) is 4.39 Å². The Kier molecular flexibility index (Phi) is 3.86. The molecule has 78 valence electrons. The van der Waals surface area contributed by atoms with E-state index in [1.54, 1.807) is 24.3 Å². The van der Waals surface area contributed by atoms with Gasteiger partial charge in [0, 0.05) is 11.4 Å². The molecular weight excluding hydrogens is 207 g/mol. The maximum absolute atomic E-state index is 13.5. The fraction of sp³-hybridized carbons (Fsp3) is 0.400. The molecule has 0 heterocycles. The molecule has 0 aliphatic heterocycles. The van der Waals surface area contributed by atoms with Crippen molar-refractivity contribution in [2.45, 2.75) is 12.1 Å². The first-order chi connectivity index (χ1) is 6.59. The number of benzene rings is 1. The minimum atomic E-state index is -1.97. The van der Waals surface area contributed by atoms with Gasteiger partial charge in [0.1, 0.15) is 0 Å². The zero-order valence-electron chi connectivity index (χ0n) is 7.58. The summed E-state index contributed by atoms with van der Waals surface area (Å²) in [6, 6.07) is 6.70. The second kappa shape index (κ2) is 4.73. The fourth-order valence-electron chi connectivity index (χ4n) is 1.17. The van der Waals surface area contributed by atoms with Crippen molar-refractivity contribution in [3.63, 3.8) is 0 Å². The van der Waals surface area contributed by atoms with Gasteiger partial charge in [0.05, 0.1) is 13.2 Å². The zero-order chi connectivity index (χ0) is 10.6. The molecule has 0 aromatic heterocycles. The minimum Gasteiger partial charge on any atom is -0.393 e. The Labute approximate surface area is 86.9 Å². The molecule has 0 aliphatic rings. The van der Waals surface area contributed by atoms with Crippen LogP contribution in [-0.2, 0) is 6.42 Å². The van der Waals surface area contributed by atoms with Crippen molar-refractivity contribution in [1.29, 1.82) is 0 Å². The molecule has 0 unspecified atom stereocenters. The summed E-state index contributed by atoms with van der Waals surface area (Å²) in [6.07, 6.45) is -0.0411. The Morgan fingerprint density at radius 1 is 1.29 bits per heavy atom. The molecule has 4 heteroatoms. The lowest BCUT2D eigenvalue weighted by Crippen LogP contribution is -2.34. The standard InChI is InChI=1S/C10H12ClFO2/c11-9-3-1-2-8(4-9)5-10(12,6-13)7-14/h1-4,13-14H,5-7H2. The van der Waals surface area contributed by atoms with Crippen LogP contribution >= 0.6 is 11.6 Å². The van der Waals surface area contributed by atoms with Gasteiger partial charge in [-0.15, -0.1) is 0 Å². The highest BCUT2D eigenvalue weighted by Gasteiger charge is 2.28. The Bertz CT molecular complexity index is 300. The summed E-state index contributed by atoms with van der Waals surface area (Å²) in [5.41, 5.74) is -1.31. The van der Waals surface area contributed by atoms with Crippen LogP contribution in [0.1, 0.15) is 5.56 Å². The van der Waals surface area contributed by atoms with E-state index in [2.05, 4.69) is 0 Å². The SMILES string of the molecule is OCC(F)(CO)Cc1cccc(Cl)c1. The molecule has 0 aliphatic carbocycles. The van der Waals surface area contributed by atoms with Crippen molar-refractivity contribution >= 4 is 11.6 Å². The van der Waals surface area contributed by atoms with E-state index < -0.39 is 18.9 Å². The highest BCUT2D eigenvalue weighted by atomic mass is 35.5. The van der Waals surface area contributed by atoms with E-state index in [4.69, 9.17) is 21.8 Å². The Balaban J connectivity index is 2.77. The van der Waals surface area contributed by atoms with Crippen LogP contribution in [0.4, 0.5) is 4.39 Å². The van der Waals surface area contributed by atoms with Crippen molar-refractivity contribution in [3.8, 4) is 0 Å². The zero-order valence-corrected chi connectivity index (χ0v) is 8.34. The second-order valence-corrected chi connectivity index (χ2v) is 3.71. The third kappa shape index (κ3) is 2.94.